The third-order valence-corrected chi connectivity index (χ3v) is 6.92. The van der Waals surface area contributed by atoms with Gasteiger partial charge in [0.2, 0.25) is 6.08 Å². The molecule has 8 heteroatoms. The topological polar surface area (TPSA) is 66.8 Å². The predicted molar refractivity (Wildman–Crippen MR) is 73.7 cm³/mol. The van der Waals surface area contributed by atoms with Gasteiger partial charge >= 0.3 is 0 Å². The minimum Gasteiger partial charge on any atom is -0.211 e. The van der Waals surface area contributed by atoms with Crippen LogP contribution in [0, 0.1) is 6.92 Å². The average molecular weight is 321 g/mol. The van der Waals surface area contributed by atoms with Crippen LogP contribution in [0.5, 0.6) is 0 Å². The fraction of sp³-hybridized carbons (Fsp3) is 0.545. The first-order valence-electron chi connectivity index (χ1n) is 5.81. The van der Waals surface area contributed by atoms with Crippen molar-refractivity contribution in [3.8, 4) is 0 Å². The van der Waals surface area contributed by atoms with E-state index in [0.29, 0.717) is 17.3 Å². The third-order valence-electron chi connectivity index (χ3n) is 3.02. The maximum absolute atomic E-state index is 12.5. The molecule has 1 fully saturated rings. The molecular weight excluding hydrogens is 308 g/mol. The summed E-state index contributed by atoms with van der Waals surface area (Å²) in [7, 11) is -3.64. The highest BCUT2D eigenvalue weighted by Gasteiger charge is 2.34. The first-order valence-corrected chi connectivity index (χ1v) is 8.45. The number of sulfonamides is 1. The van der Waals surface area contributed by atoms with E-state index in [-0.39, 0.29) is 4.21 Å². The number of thiophene rings is 1. The fourth-order valence-electron chi connectivity index (χ4n) is 2.03. The van der Waals surface area contributed by atoms with Gasteiger partial charge in [0.15, 0.2) is 0 Å². The van der Waals surface area contributed by atoms with Crippen molar-refractivity contribution >= 4 is 39.0 Å². The molecule has 104 valence electrons. The van der Waals surface area contributed by atoms with Gasteiger partial charge in [0.25, 0.3) is 10.0 Å². The molecule has 1 unspecified atom stereocenters. The van der Waals surface area contributed by atoms with Crippen LogP contribution >= 0.6 is 22.9 Å². The van der Waals surface area contributed by atoms with Gasteiger partial charge in [-0.1, -0.05) is 11.6 Å². The molecule has 5 nitrogen and oxygen atoms in total. The first kappa shape index (κ1) is 14.7. The van der Waals surface area contributed by atoms with Crippen LogP contribution in [0.25, 0.3) is 0 Å². The molecule has 0 spiro atoms. The number of piperidine rings is 1. The van der Waals surface area contributed by atoms with Crippen LogP contribution in [0.2, 0.25) is 4.34 Å². The highest BCUT2D eigenvalue weighted by molar-refractivity contribution is 7.91. The number of hydrogen-bond donors (Lipinski definition) is 0. The van der Waals surface area contributed by atoms with E-state index in [9.17, 15) is 13.2 Å². The van der Waals surface area contributed by atoms with Crippen LogP contribution in [-0.4, -0.2) is 31.5 Å². The van der Waals surface area contributed by atoms with E-state index in [1.807, 2.05) is 0 Å². The lowest BCUT2D eigenvalue weighted by Crippen LogP contribution is -2.42. The molecule has 1 saturated heterocycles. The Bertz CT molecular complexity index is 600. The molecule has 1 aromatic rings. The number of nitrogens with zero attached hydrogens (tertiary/aromatic N) is 2. The zero-order valence-corrected chi connectivity index (χ0v) is 12.7. The van der Waals surface area contributed by atoms with E-state index in [2.05, 4.69) is 4.99 Å². The summed E-state index contributed by atoms with van der Waals surface area (Å²) in [6, 6.07) is 1.55. The lowest BCUT2D eigenvalue weighted by Gasteiger charge is -2.30. The van der Waals surface area contributed by atoms with E-state index in [1.165, 1.54) is 10.4 Å². The van der Waals surface area contributed by atoms with Gasteiger partial charge in [-0.05, 0) is 37.8 Å². The summed E-state index contributed by atoms with van der Waals surface area (Å²) in [4.78, 5) is 14.0. The molecular formula is C11H13ClN2O3S2. The lowest BCUT2D eigenvalue weighted by atomic mass is 10.1. The second kappa shape index (κ2) is 5.73. The van der Waals surface area contributed by atoms with E-state index in [1.54, 1.807) is 13.0 Å². The van der Waals surface area contributed by atoms with Crippen LogP contribution in [0.4, 0.5) is 0 Å². The molecule has 1 atom stereocenters. The quantitative estimate of drug-likeness (QED) is 0.635. The molecule has 0 N–H and O–H groups in total. The Balaban J connectivity index is 2.39. The second-order valence-electron chi connectivity index (χ2n) is 4.33. The van der Waals surface area contributed by atoms with Crippen LogP contribution in [0.15, 0.2) is 15.3 Å². The number of carbonyl (C=O) groups excluding carboxylic acids is 1. The molecule has 19 heavy (non-hydrogen) atoms. The standard InChI is InChI=1S/C11H13ClN2O3S2/c1-8-6-10(18-11(8)12)19(16,17)14-5-3-2-4-9(14)13-7-15/h6,9H,2-5H2,1H3. The maximum Gasteiger partial charge on any atom is 0.254 e. The normalized spacial score (nSPS) is 21.1. The minimum absolute atomic E-state index is 0.197. The predicted octanol–water partition coefficient (Wildman–Crippen LogP) is 2.55. The Morgan fingerprint density at radius 2 is 2.26 bits per heavy atom. The van der Waals surface area contributed by atoms with Gasteiger partial charge in [-0.3, -0.25) is 0 Å². The van der Waals surface area contributed by atoms with Gasteiger partial charge in [0.1, 0.15) is 10.4 Å². The van der Waals surface area contributed by atoms with Crippen molar-refractivity contribution in [2.24, 2.45) is 4.99 Å². The monoisotopic (exact) mass is 320 g/mol. The Kier molecular flexibility index (Phi) is 4.43. The largest absolute Gasteiger partial charge is 0.254 e. The van der Waals surface area contributed by atoms with Crippen molar-refractivity contribution in [2.75, 3.05) is 6.54 Å². The van der Waals surface area contributed by atoms with Crippen molar-refractivity contribution in [1.29, 1.82) is 0 Å². The third kappa shape index (κ3) is 2.90. The zero-order valence-electron chi connectivity index (χ0n) is 10.3. The summed E-state index contributed by atoms with van der Waals surface area (Å²) in [5, 5.41) is 0. The molecule has 2 heterocycles. The molecule has 0 amide bonds. The molecule has 0 radical (unpaired) electrons. The Morgan fingerprint density at radius 1 is 1.53 bits per heavy atom. The fourth-order valence-corrected chi connectivity index (χ4v) is 5.46. The summed E-state index contributed by atoms with van der Waals surface area (Å²) in [5.41, 5.74) is 0.734. The molecule has 1 aliphatic heterocycles. The molecule has 0 aliphatic carbocycles. The van der Waals surface area contributed by atoms with Gasteiger partial charge in [0.05, 0.1) is 4.34 Å². The van der Waals surface area contributed by atoms with Crippen LogP contribution in [-0.2, 0) is 14.8 Å². The second-order valence-corrected chi connectivity index (χ2v) is 8.11. The number of halogens is 1. The molecule has 0 bridgehead atoms. The summed E-state index contributed by atoms with van der Waals surface area (Å²) >= 11 is 6.95. The molecule has 1 aromatic heterocycles. The van der Waals surface area contributed by atoms with E-state index < -0.39 is 16.2 Å². The Labute approximate surface area is 121 Å². The van der Waals surface area contributed by atoms with Crippen molar-refractivity contribution in [3.05, 3.63) is 16.0 Å². The molecule has 0 saturated carbocycles. The summed E-state index contributed by atoms with van der Waals surface area (Å²) in [5.74, 6) is 0. The molecule has 2 rings (SSSR count). The Hall–Kier alpha value is -0.720. The molecule has 0 aromatic carbocycles. The van der Waals surface area contributed by atoms with Crippen molar-refractivity contribution in [1.82, 2.24) is 4.31 Å². The maximum atomic E-state index is 12.5. The van der Waals surface area contributed by atoms with E-state index >= 15 is 0 Å². The number of hydrogen-bond acceptors (Lipinski definition) is 5. The van der Waals surface area contributed by atoms with Gasteiger partial charge in [-0.25, -0.2) is 13.2 Å². The number of aliphatic imine (C=N–C) groups is 1. The number of aryl methyl sites for hydroxylation is 1. The summed E-state index contributed by atoms with van der Waals surface area (Å²) < 4.78 is 27.0. The molecule has 1 aliphatic rings. The SMILES string of the molecule is Cc1cc(S(=O)(=O)N2CCCCC2N=C=O)sc1Cl. The van der Waals surface area contributed by atoms with Crippen LogP contribution in [0.3, 0.4) is 0 Å². The zero-order chi connectivity index (χ0) is 14.0. The smallest absolute Gasteiger partial charge is 0.211 e. The Morgan fingerprint density at radius 3 is 2.84 bits per heavy atom. The van der Waals surface area contributed by atoms with E-state index in [4.69, 9.17) is 11.6 Å². The number of rotatable bonds is 3. The van der Waals surface area contributed by atoms with Gasteiger partial charge in [-0.2, -0.15) is 9.30 Å². The van der Waals surface area contributed by atoms with E-state index in [0.717, 1.165) is 29.7 Å². The van der Waals surface area contributed by atoms with Gasteiger partial charge in [0, 0.05) is 6.54 Å². The highest BCUT2D eigenvalue weighted by atomic mass is 35.5. The van der Waals surface area contributed by atoms with Crippen molar-refractivity contribution in [3.63, 3.8) is 0 Å². The highest BCUT2D eigenvalue weighted by Crippen LogP contribution is 2.34. The lowest BCUT2D eigenvalue weighted by molar-refractivity contribution is 0.260. The van der Waals surface area contributed by atoms with Crippen LogP contribution in [0.1, 0.15) is 24.8 Å². The summed E-state index contributed by atoms with van der Waals surface area (Å²) in [6.07, 6.45) is 2.98. The number of isocyanates is 1. The van der Waals surface area contributed by atoms with Crippen molar-refractivity contribution in [2.45, 2.75) is 36.6 Å². The van der Waals surface area contributed by atoms with Crippen molar-refractivity contribution < 1.29 is 13.2 Å². The van der Waals surface area contributed by atoms with Gasteiger partial charge in [-0.15, -0.1) is 11.3 Å². The van der Waals surface area contributed by atoms with Crippen LogP contribution < -0.4 is 0 Å². The minimum atomic E-state index is -3.64. The summed E-state index contributed by atoms with van der Waals surface area (Å²) in [6.45, 7) is 2.13. The average Bonchev–Trinajstić information content (AvgIpc) is 2.71. The van der Waals surface area contributed by atoms with Gasteiger partial charge < -0.3 is 0 Å². The first-order chi connectivity index (χ1) is 8.96.